The zero-order valence-corrected chi connectivity index (χ0v) is 15.9. The van der Waals surface area contributed by atoms with E-state index in [2.05, 4.69) is 4.72 Å². The van der Waals surface area contributed by atoms with Gasteiger partial charge in [0.1, 0.15) is 4.90 Å². The molecular formula is C16H13Cl3N2O3S. The van der Waals surface area contributed by atoms with Crippen molar-refractivity contribution in [1.82, 2.24) is 0 Å². The molecule has 0 aliphatic carbocycles. The zero-order valence-electron chi connectivity index (χ0n) is 12.8. The second kappa shape index (κ2) is 7.03. The summed E-state index contributed by atoms with van der Waals surface area (Å²) in [5.74, 6) is -0.00178. The molecule has 25 heavy (non-hydrogen) atoms. The Hall–Kier alpha value is -1.47. The number of hydrogen-bond acceptors (Lipinski definition) is 3. The molecule has 0 spiro atoms. The van der Waals surface area contributed by atoms with E-state index in [0.29, 0.717) is 18.7 Å². The molecule has 1 amide bonds. The van der Waals surface area contributed by atoms with Crippen LogP contribution < -0.4 is 9.62 Å². The lowest BCUT2D eigenvalue weighted by Gasteiger charge is -2.18. The van der Waals surface area contributed by atoms with E-state index in [0.717, 1.165) is 6.42 Å². The molecule has 5 nitrogen and oxygen atoms in total. The molecule has 1 saturated heterocycles. The summed E-state index contributed by atoms with van der Waals surface area (Å²) in [7, 11) is -3.99. The first-order valence-electron chi connectivity index (χ1n) is 7.36. The summed E-state index contributed by atoms with van der Waals surface area (Å²) >= 11 is 18.2. The Morgan fingerprint density at radius 1 is 1.00 bits per heavy atom. The van der Waals surface area contributed by atoms with Crippen LogP contribution in [-0.2, 0) is 14.8 Å². The number of benzene rings is 2. The van der Waals surface area contributed by atoms with E-state index in [1.54, 1.807) is 17.0 Å². The minimum Gasteiger partial charge on any atom is -0.311 e. The van der Waals surface area contributed by atoms with Crippen LogP contribution in [0, 0.1) is 0 Å². The van der Waals surface area contributed by atoms with Crippen LogP contribution in [0.25, 0.3) is 0 Å². The number of carbonyl (C=O) groups is 1. The number of nitrogens with zero attached hydrogens (tertiary/aromatic N) is 1. The maximum atomic E-state index is 12.6. The number of sulfonamides is 1. The predicted molar refractivity (Wildman–Crippen MR) is 100 cm³/mol. The quantitative estimate of drug-likeness (QED) is 0.789. The third kappa shape index (κ3) is 3.72. The van der Waals surface area contributed by atoms with Gasteiger partial charge in [0.05, 0.1) is 26.4 Å². The lowest BCUT2D eigenvalue weighted by Crippen LogP contribution is -2.24. The molecule has 0 unspecified atom stereocenters. The van der Waals surface area contributed by atoms with E-state index < -0.39 is 10.0 Å². The van der Waals surface area contributed by atoms with Gasteiger partial charge in [-0.3, -0.25) is 9.52 Å². The summed E-state index contributed by atoms with van der Waals surface area (Å²) in [5, 5.41) is 0.316. The molecule has 0 bridgehead atoms. The molecule has 1 heterocycles. The molecule has 1 aliphatic heterocycles. The van der Waals surface area contributed by atoms with Crippen molar-refractivity contribution in [2.24, 2.45) is 0 Å². The van der Waals surface area contributed by atoms with Crippen molar-refractivity contribution >= 4 is 62.1 Å². The fourth-order valence-electron chi connectivity index (χ4n) is 2.64. The van der Waals surface area contributed by atoms with Gasteiger partial charge >= 0.3 is 0 Å². The van der Waals surface area contributed by atoms with Crippen LogP contribution in [0.4, 0.5) is 11.4 Å². The molecule has 1 aliphatic rings. The predicted octanol–water partition coefficient (Wildman–Crippen LogP) is 4.57. The second-order valence-electron chi connectivity index (χ2n) is 5.47. The molecule has 0 radical (unpaired) electrons. The Labute approximate surface area is 160 Å². The maximum Gasteiger partial charge on any atom is 0.264 e. The first kappa shape index (κ1) is 18.3. The van der Waals surface area contributed by atoms with Gasteiger partial charge in [0.25, 0.3) is 10.0 Å². The van der Waals surface area contributed by atoms with Crippen molar-refractivity contribution < 1.29 is 13.2 Å². The average molecular weight is 420 g/mol. The molecular weight excluding hydrogens is 407 g/mol. The molecule has 1 fully saturated rings. The molecule has 2 aromatic carbocycles. The van der Waals surface area contributed by atoms with Crippen LogP contribution in [0.3, 0.4) is 0 Å². The van der Waals surface area contributed by atoms with Crippen molar-refractivity contribution in [1.29, 1.82) is 0 Å². The van der Waals surface area contributed by atoms with Gasteiger partial charge in [0.2, 0.25) is 5.91 Å². The van der Waals surface area contributed by atoms with E-state index in [9.17, 15) is 13.2 Å². The third-order valence-corrected chi connectivity index (χ3v) is 6.39. The highest BCUT2D eigenvalue weighted by molar-refractivity contribution is 7.93. The molecule has 0 aromatic heterocycles. The average Bonchev–Trinajstić information content (AvgIpc) is 2.92. The second-order valence-corrected chi connectivity index (χ2v) is 8.31. The summed E-state index contributed by atoms with van der Waals surface area (Å²) < 4.78 is 27.5. The van der Waals surface area contributed by atoms with Gasteiger partial charge in [-0.05, 0) is 36.8 Å². The summed E-state index contributed by atoms with van der Waals surface area (Å²) in [6.45, 7) is 0.596. The Kier molecular flexibility index (Phi) is 5.16. The number of rotatable bonds is 4. The Balaban J connectivity index is 1.91. The van der Waals surface area contributed by atoms with Crippen molar-refractivity contribution in [3.05, 3.63) is 51.5 Å². The van der Waals surface area contributed by atoms with E-state index in [4.69, 9.17) is 34.8 Å². The summed E-state index contributed by atoms with van der Waals surface area (Å²) in [6, 6.07) is 9.04. The molecule has 132 valence electrons. The monoisotopic (exact) mass is 418 g/mol. The summed E-state index contributed by atoms with van der Waals surface area (Å²) in [6.07, 6.45) is 1.25. The van der Waals surface area contributed by atoms with Crippen LogP contribution in [0.2, 0.25) is 15.1 Å². The number of carbonyl (C=O) groups excluding carboxylic acids is 1. The van der Waals surface area contributed by atoms with E-state index >= 15 is 0 Å². The van der Waals surface area contributed by atoms with E-state index in [1.807, 2.05) is 0 Å². The van der Waals surface area contributed by atoms with Crippen molar-refractivity contribution in [2.75, 3.05) is 16.2 Å². The van der Waals surface area contributed by atoms with Crippen LogP contribution in [0.1, 0.15) is 12.8 Å². The van der Waals surface area contributed by atoms with Crippen LogP contribution in [0.5, 0.6) is 0 Å². The van der Waals surface area contributed by atoms with Gasteiger partial charge < -0.3 is 4.90 Å². The topological polar surface area (TPSA) is 66.5 Å². The van der Waals surface area contributed by atoms with Gasteiger partial charge in [-0.1, -0.05) is 40.9 Å². The SMILES string of the molecule is O=C1CCCN1c1ccc(NS(=O)(=O)c2c(Cl)cccc2Cl)cc1Cl. The highest BCUT2D eigenvalue weighted by Gasteiger charge is 2.25. The molecule has 3 rings (SSSR count). The summed E-state index contributed by atoms with van der Waals surface area (Å²) in [4.78, 5) is 13.2. The summed E-state index contributed by atoms with van der Waals surface area (Å²) in [5.41, 5.74) is 0.805. The number of nitrogens with one attached hydrogen (secondary N) is 1. The Morgan fingerprint density at radius 3 is 2.24 bits per heavy atom. The van der Waals surface area contributed by atoms with Crippen molar-refractivity contribution in [3.63, 3.8) is 0 Å². The largest absolute Gasteiger partial charge is 0.311 e. The molecule has 0 atom stereocenters. The highest BCUT2D eigenvalue weighted by Crippen LogP contribution is 2.34. The lowest BCUT2D eigenvalue weighted by molar-refractivity contribution is -0.117. The molecule has 0 saturated carbocycles. The first-order chi connectivity index (χ1) is 11.8. The molecule has 9 heteroatoms. The maximum absolute atomic E-state index is 12.6. The third-order valence-electron chi connectivity index (χ3n) is 3.75. The van der Waals surface area contributed by atoms with Gasteiger partial charge in [0.15, 0.2) is 0 Å². The van der Waals surface area contributed by atoms with E-state index in [-0.39, 0.29) is 31.6 Å². The van der Waals surface area contributed by atoms with Crippen LogP contribution >= 0.6 is 34.8 Å². The fourth-order valence-corrected chi connectivity index (χ4v) is 5.12. The fraction of sp³-hybridized carbons (Fsp3) is 0.188. The van der Waals surface area contributed by atoms with Crippen molar-refractivity contribution in [3.8, 4) is 0 Å². The smallest absolute Gasteiger partial charge is 0.264 e. The van der Waals surface area contributed by atoms with Gasteiger partial charge in [-0.2, -0.15) is 0 Å². The standard InChI is InChI=1S/C16H13Cl3N2O3S/c17-11-3-1-4-12(18)16(11)25(23,24)20-10-6-7-14(13(19)9-10)21-8-2-5-15(21)22/h1,3-4,6-7,9,20H,2,5,8H2. The number of halogens is 3. The molecule has 1 N–H and O–H groups in total. The number of hydrogen-bond donors (Lipinski definition) is 1. The normalized spacial score (nSPS) is 14.8. The Morgan fingerprint density at radius 2 is 1.68 bits per heavy atom. The van der Waals surface area contributed by atoms with Crippen LogP contribution in [-0.4, -0.2) is 20.9 Å². The van der Waals surface area contributed by atoms with Crippen molar-refractivity contribution in [2.45, 2.75) is 17.7 Å². The number of anilines is 2. The first-order valence-corrected chi connectivity index (χ1v) is 9.98. The van der Waals surface area contributed by atoms with Crippen LogP contribution in [0.15, 0.2) is 41.3 Å². The van der Waals surface area contributed by atoms with E-state index in [1.165, 1.54) is 24.3 Å². The van der Waals surface area contributed by atoms with Gasteiger partial charge in [-0.15, -0.1) is 0 Å². The zero-order chi connectivity index (χ0) is 18.2. The Bertz CT molecular complexity index is 927. The lowest BCUT2D eigenvalue weighted by atomic mass is 10.2. The minimum atomic E-state index is -3.99. The van der Waals surface area contributed by atoms with Gasteiger partial charge in [0, 0.05) is 13.0 Å². The number of amides is 1. The highest BCUT2D eigenvalue weighted by atomic mass is 35.5. The van der Waals surface area contributed by atoms with Gasteiger partial charge in [-0.25, -0.2) is 8.42 Å². The minimum absolute atomic E-state index is 0.00178. The molecule has 2 aromatic rings.